The van der Waals surface area contributed by atoms with Gasteiger partial charge in [0, 0.05) is 23.8 Å². The van der Waals surface area contributed by atoms with Gasteiger partial charge in [0.25, 0.3) is 0 Å². The third-order valence-corrected chi connectivity index (χ3v) is 3.22. The molecule has 2 aromatic rings. The second kappa shape index (κ2) is 7.92. The molecule has 5 heteroatoms. The van der Waals surface area contributed by atoms with Crippen molar-refractivity contribution in [2.75, 3.05) is 6.61 Å². The lowest BCUT2D eigenvalue weighted by atomic mass is 10.1. The number of ether oxygens (including phenoxy) is 1. The van der Waals surface area contributed by atoms with Crippen molar-refractivity contribution in [1.29, 1.82) is 0 Å². The Morgan fingerprint density at radius 2 is 2.00 bits per heavy atom. The van der Waals surface area contributed by atoms with Gasteiger partial charge < -0.3 is 10.1 Å². The average Bonchev–Trinajstić information content (AvgIpc) is 2.83. The number of H-pyrrole nitrogens is 1. The van der Waals surface area contributed by atoms with Crippen LogP contribution >= 0.6 is 12.4 Å². The Morgan fingerprint density at radius 1 is 1.30 bits per heavy atom. The number of nitrogens with one attached hydrogen (secondary N) is 2. The number of aromatic amines is 1. The van der Waals surface area contributed by atoms with Gasteiger partial charge in [0.1, 0.15) is 5.75 Å². The molecule has 0 amide bonds. The predicted molar refractivity (Wildman–Crippen MR) is 83.4 cm³/mol. The fourth-order valence-electron chi connectivity index (χ4n) is 1.95. The third-order valence-electron chi connectivity index (χ3n) is 3.22. The Kier molecular flexibility index (Phi) is 6.55. The van der Waals surface area contributed by atoms with Crippen molar-refractivity contribution in [2.24, 2.45) is 0 Å². The van der Waals surface area contributed by atoms with Crippen LogP contribution in [0.25, 0.3) is 0 Å². The Morgan fingerprint density at radius 3 is 2.55 bits per heavy atom. The summed E-state index contributed by atoms with van der Waals surface area (Å²) in [6.07, 6.45) is 1.87. The minimum atomic E-state index is 0. The van der Waals surface area contributed by atoms with E-state index in [1.807, 2.05) is 32.2 Å². The van der Waals surface area contributed by atoms with Gasteiger partial charge in [0.15, 0.2) is 0 Å². The molecule has 0 aliphatic carbocycles. The van der Waals surface area contributed by atoms with Crippen LogP contribution in [0.2, 0.25) is 0 Å². The summed E-state index contributed by atoms with van der Waals surface area (Å²) >= 11 is 0. The highest BCUT2D eigenvalue weighted by atomic mass is 35.5. The quantitative estimate of drug-likeness (QED) is 0.859. The van der Waals surface area contributed by atoms with Gasteiger partial charge in [-0.3, -0.25) is 5.10 Å². The van der Waals surface area contributed by atoms with Gasteiger partial charge >= 0.3 is 0 Å². The van der Waals surface area contributed by atoms with Gasteiger partial charge in [0.05, 0.1) is 12.8 Å². The normalized spacial score (nSPS) is 11.8. The summed E-state index contributed by atoms with van der Waals surface area (Å²) in [7, 11) is 0. The molecule has 0 aliphatic rings. The molecule has 0 bridgehead atoms. The summed E-state index contributed by atoms with van der Waals surface area (Å²) in [4.78, 5) is 0. The molecule has 0 aliphatic heterocycles. The van der Waals surface area contributed by atoms with Crippen LogP contribution in [-0.2, 0) is 6.54 Å². The number of nitrogens with zero attached hydrogens (tertiary/aromatic N) is 1. The molecule has 0 fully saturated rings. The van der Waals surface area contributed by atoms with Gasteiger partial charge in [0.2, 0.25) is 0 Å². The fraction of sp³-hybridized carbons (Fsp3) is 0.400. The highest BCUT2D eigenvalue weighted by Crippen LogP contribution is 2.18. The molecule has 1 aromatic carbocycles. The van der Waals surface area contributed by atoms with Crippen molar-refractivity contribution in [3.05, 3.63) is 47.3 Å². The number of hydrogen-bond acceptors (Lipinski definition) is 3. The van der Waals surface area contributed by atoms with Crippen LogP contribution in [0.15, 0.2) is 30.5 Å². The minimum absolute atomic E-state index is 0. The van der Waals surface area contributed by atoms with Gasteiger partial charge in [-0.05, 0) is 38.5 Å². The van der Waals surface area contributed by atoms with E-state index in [4.69, 9.17) is 4.74 Å². The van der Waals surface area contributed by atoms with E-state index < -0.39 is 0 Å². The number of rotatable bonds is 6. The van der Waals surface area contributed by atoms with Crippen LogP contribution in [0.5, 0.6) is 5.75 Å². The largest absolute Gasteiger partial charge is 0.494 e. The van der Waals surface area contributed by atoms with E-state index in [-0.39, 0.29) is 12.4 Å². The maximum atomic E-state index is 5.44. The molecule has 0 saturated heterocycles. The van der Waals surface area contributed by atoms with E-state index in [0.29, 0.717) is 12.6 Å². The summed E-state index contributed by atoms with van der Waals surface area (Å²) in [5.41, 5.74) is 3.58. The van der Waals surface area contributed by atoms with E-state index in [2.05, 4.69) is 34.6 Å². The predicted octanol–water partition coefficient (Wildman–Crippen LogP) is 3.39. The van der Waals surface area contributed by atoms with Crippen molar-refractivity contribution in [3.8, 4) is 5.75 Å². The molecular formula is C15H22ClN3O. The van der Waals surface area contributed by atoms with Crippen LogP contribution < -0.4 is 10.1 Å². The van der Waals surface area contributed by atoms with Crippen LogP contribution in [0, 0.1) is 6.92 Å². The van der Waals surface area contributed by atoms with Crippen molar-refractivity contribution in [2.45, 2.75) is 33.4 Å². The van der Waals surface area contributed by atoms with E-state index in [0.717, 1.165) is 18.0 Å². The van der Waals surface area contributed by atoms with E-state index >= 15 is 0 Å². The van der Waals surface area contributed by atoms with Crippen LogP contribution in [-0.4, -0.2) is 16.8 Å². The lowest BCUT2D eigenvalue weighted by Crippen LogP contribution is -2.18. The van der Waals surface area contributed by atoms with Crippen molar-refractivity contribution in [3.63, 3.8) is 0 Å². The van der Waals surface area contributed by atoms with E-state index in [1.54, 1.807) is 0 Å². The van der Waals surface area contributed by atoms with E-state index in [1.165, 1.54) is 11.1 Å². The molecule has 1 aromatic heterocycles. The molecule has 4 nitrogen and oxygen atoms in total. The second-order valence-corrected chi connectivity index (χ2v) is 4.62. The third kappa shape index (κ3) is 4.25. The van der Waals surface area contributed by atoms with Crippen molar-refractivity contribution >= 4 is 12.4 Å². The highest BCUT2D eigenvalue weighted by molar-refractivity contribution is 5.85. The van der Waals surface area contributed by atoms with Crippen LogP contribution in [0.1, 0.15) is 36.7 Å². The molecule has 2 N–H and O–H groups in total. The number of hydrogen-bond donors (Lipinski definition) is 2. The van der Waals surface area contributed by atoms with Crippen LogP contribution in [0.4, 0.5) is 0 Å². The first kappa shape index (κ1) is 16.5. The summed E-state index contributed by atoms with van der Waals surface area (Å²) in [5.74, 6) is 0.920. The molecule has 110 valence electrons. The SMILES string of the molecule is CCOc1ccc(C(C)NCc2cn[nH]c2C)cc1.Cl. The second-order valence-electron chi connectivity index (χ2n) is 4.62. The molecule has 1 atom stereocenters. The van der Waals surface area contributed by atoms with Gasteiger partial charge in [-0.2, -0.15) is 5.10 Å². The number of benzene rings is 1. The summed E-state index contributed by atoms with van der Waals surface area (Å²) in [6.45, 7) is 7.70. The molecule has 0 spiro atoms. The molecule has 2 rings (SSSR count). The fourth-order valence-corrected chi connectivity index (χ4v) is 1.95. The molecular weight excluding hydrogens is 274 g/mol. The van der Waals surface area contributed by atoms with Gasteiger partial charge in [-0.25, -0.2) is 0 Å². The highest BCUT2D eigenvalue weighted by Gasteiger charge is 2.07. The van der Waals surface area contributed by atoms with Gasteiger partial charge in [-0.1, -0.05) is 12.1 Å². The Balaban J connectivity index is 0.00000200. The Labute approximate surface area is 126 Å². The zero-order chi connectivity index (χ0) is 13.7. The van der Waals surface area contributed by atoms with Crippen molar-refractivity contribution in [1.82, 2.24) is 15.5 Å². The van der Waals surface area contributed by atoms with Crippen LogP contribution in [0.3, 0.4) is 0 Å². The maximum absolute atomic E-state index is 5.44. The molecule has 0 saturated carbocycles. The molecule has 0 radical (unpaired) electrons. The van der Waals surface area contributed by atoms with Crippen molar-refractivity contribution < 1.29 is 4.74 Å². The Bertz CT molecular complexity index is 510. The first-order valence-corrected chi connectivity index (χ1v) is 6.65. The standard InChI is InChI=1S/C15H21N3O.ClH/c1-4-19-15-7-5-13(6-8-15)11(2)16-9-14-10-17-18-12(14)3;/h5-8,10-11,16H,4,9H2,1-3H3,(H,17,18);1H. The Hall–Kier alpha value is -1.52. The lowest BCUT2D eigenvalue weighted by Gasteiger charge is -2.14. The summed E-state index contributed by atoms with van der Waals surface area (Å²) in [5, 5.41) is 10.5. The number of aryl methyl sites for hydroxylation is 1. The first-order chi connectivity index (χ1) is 9.20. The zero-order valence-corrected chi connectivity index (χ0v) is 13.0. The summed E-state index contributed by atoms with van der Waals surface area (Å²) in [6, 6.07) is 8.53. The zero-order valence-electron chi connectivity index (χ0n) is 12.1. The monoisotopic (exact) mass is 295 g/mol. The topological polar surface area (TPSA) is 49.9 Å². The first-order valence-electron chi connectivity index (χ1n) is 6.65. The lowest BCUT2D eigenvalue weighted by molar-refractivity contribution is 0.340. The smallest absolute Gasteiger partial charge is 0.119 e. The number of halogens is 1. The average molecular weight is 296 g/mol. The molecule has 1 unspecified atom stereocenters. The number of aromatic nitrogens is 2. The molecule has 1 heterocycles. The van der Waals surface area contributed by atoms with Gasteiger partial charge in [-0.15, -0.1) is 12.4 Å². The maximum Gasteiger partial charge on any atom is 0.119 e. The van der Waals surface area contributed by atoms with E-state index in [9.17, 15) is 0 Å². The molecule has 20 heavy (non-hydrogen) atoms. The minimum Gasteiger partial charge on any atom is -0.494 e. The summed E-state index contributed by atoms with van der Waals surface area (Å²) < 4.78 is 5.44.